The quantitative estimate of drug-likeness (QED) is 0.720. The van der Waals surface area contributed by atoms with E-state index in [1.54, 1.807) is 0 Å². The zero-order valence-corrected chi connectivity index (χ0v) is 11.1. The van der Waals surface area contributed by atoms with Gasteiger partial charge in [0.2, 0.25) is 0 Å². The fraction of sp³-hybridized carbons (Fsp3) is 0.769. The molecule has 0 fully saturated rings. The summed E-state index contributed by atoms with van der Waals surface area (Å²) in [6.07, 6.45) is 5.84. The van der Waals surface area contributed by atoms with Gasteiger partial charge in [-0.05, 0) is 33.7 Å². The number of nitrogens with zero attached hydrogens (tertiary/aromatic N) is 2. The van der Waals surface area contributed by atoms with Crippen LogP contribution in [-0.2, 0) is 0 Å². The lowest BCUT2D eigenvalue weighted by atomic mass is 10.2. The summed E-state index contributed by atoms with van der Waals surface area (Å²) >= 11 is 0. The summed E-state index contributed by atoms with van der Waals surface area (Å²) in [5.74, 6) is 0. The van der Waals surface area contributed by atoms with Crippen LogP contribution in [0.5, 0.6) is 0 Å². The molecule has 92 valence electrons. The molecule has 16 heavy (non-hydrogen) atoms. The van der Waals surface area contributed by atoms with Crippen LogP contribution in [0.3, 0.4) is 0 Å². The van der Waals surface area contributed by atoms with Gasteiger partial charge in [-0.15, -0.1) is 0 Å². The largest absolute Gasteiger partial charge is 0.331 e. The van der Waals surface area contributed by atoms with Gasteiger partial charge in [-0.3, -0.25) is 0 Å². The molecule has 1 aromatic heterocycles. The van der Waals surface area contributed by atoms with E-state index in [4.69, 9.17) is 0 Å². The number of hydrogen-bond donors (Lipinski definition) is 1. The molecule has 0 radical (unpaired) electrons. The number of unbranched alkanes of at least 4 members (excludes halogenated alkanes) is 2. The Hall–Kier alpha value is -0.830. The van der Waals surface area contributed by atoms with Crippen molar-refractivity contribution in [2.45, 2.75) is 53.0 Å². The summed E-state index contributed by atoms with van der Waals surface area (Å²) in [6, 6.07) is 0.489. The average molecular weight is 223 g/mol. The van der Waals surface area contributed by atoms with Gasteiger partial charge in [0.05, 0.1) is 12.0 Å². The molecule has 0 bridgehead atoms. The summed E-state index contributed by atoms with van der Waals surface area (Å²) < 4.78 is 2.25. The topological polar surface area (TPSA) is 29.9 Å². The Morgan fingerprint density at radius 2 is 2.12 bits per heavy atom. The average Bonchev–Trinajstić information content (AvgIpc) is 2.59. The van der Waals surface area contributed by atoms with Crippen molar-refractivity contribution in [3.8, 4) is 0 Å². The Kier molecular flexibility index (Phi) is 5.53. The van der Waals surface area contributed by atoms with Gasteiger partial charge in [0.15, 0.2) is 0 Å². The molecule has 1 rings (SSSR count). The molecule has 0 aliphatic heterocycles. The molecule has 3 heteroatoms. The summed E-state index contributed by atoms with van der Waals surface area (Å²) in [5.41, 5.74) is 2.42. The van der Waals surface area contributed by atoms with Gasteiger partial charge in [0, 0.05) is 18.3 Å². The Morgan fingerprint density at radius 3 is 2.69 bits per heavy atom. The first-order chi connectivity index (χ1) is 7.66. The van der Waals surface area contributed by atoms with E-state index in [9.17, 15) is 0 Å². The van der Waals surface area contributed by atoms with Crippen LogP contribution >= 0.6 is 0 Å². The summed E-state index contributed by atoms with van der Waals surface area (Å²) in [4.78, 5) is 4.33. The van der Waals surface area contributed by atoms with E-state index in [2.05, 4.69) is 42.6 Å². The van der Waals surface area contributed by atoms with Crippen LogP contribution in [0.2, 0.25) is 0 Å². The lowest BCUT2D eigenvalue weighted by Crippen LogP contribution is -2.24. The maximum absolute atomic E-state index is 4.33. The highest BCUT2D eigenvalue weighted by molar-refractivity contribution is 5.09. The Balaban J connectivity index is 2.30. The second-order valence-corrected chi connectivity index (χ2v) is 4.58. The van der Waals surface area contributed by atoms with Crippen molar-refractivity contribution in [1.82, 2.24) is 14.9 Å². The third-order valence-corrected chi connectivity index (χ3v) is 3.16. The van der Waals surface area contributed by atoms with Crippen molar-refractivity contribution in [3.05, 3.63) is 17.7 Å². The van der Waals surface area contributed by atoms with Crippen molar-refractivity contribution < 1.29 is 0 Å². The second-order valence-electron chi connectivity index (χ2n) is 4.58. The van der Waals surface area contributed by atoms with Gasteiger partial charge < -0.3 is 9.88 Å². The minimum atomic E-state index is 0.489. The zero-order chi connectivity index (χ0) is 12.0. The molecule has 0 aliphatic rings. The minimum absolute atomic E-state index is 0.489. The van der Waals surface area contributed by atoms with Crippen molar-refractivity contribution >= 4 is 0 Å². The standard InChI is InChI=1S/C13H25N3/c1-5-6-7-8-14-9-11(2)16-10-15-12(3)13(16)4/h10-11,14H,5-9H2,1-4H3. The number of rotatable bonds is 7. The molecular formula is C13H25N3. The minimum Gasteiger partial charge on any atom is -0.331 e. The van der Waals surface area contributed by atoms with Crippen molar-refractivity contribution in [2.75, 3.05) is 13.1 Å². The van der Waals surface area contributed by atoms with Gasteiger partial charge in [-0.1, -0.05) is 19.8 Å². The molecular weight excluding hydrogens is 198 g/mol. The first-order valence-electron chi connectivity index (χ1n) is 6.37. The van der Waals surface area contributed by atoms with Crippen LogP contribution in [0.1, 0.15) is 50.5 Å². The van der Waals surface area contributed by atoms with E-state index in [1.807, 2.05) is 6.33 Å². The number of aryl methyl sites for hydroxylation is 1. The first-order valence-corrected chi connectivity index (χ1v) is 6.37. The van der Waals surface area contributed by atoms with Crippen LogP contribution in [0.4, 0.5) is 0 Å². The van der Waals surface area contributed by atoms with Crippen LogP contribution in [0.15, 0.2) is 6.33 Å². The van der Waals surface area contributed by atoms with E-state index < -0.39 is 0 Å². The summed E-state index contributed by atoms with van der Waals surface area (Å²) in [5, 5.41) is 3.51. The maximum Gasteiger partial charge on any atom is 0.0954 e. The van der Waals surface area contributed by atoms with Crippen LogP contribution in [0.25, 0.3) is 0 Å². The predicted molar refractivity (Wildman–Crippen MR) is 68.8 cm³/mol. The van der Waals surface area contributed by atoms with Crippen LogP contribution in [-0.4, -0.2) is 22.6 Å². The smallest absolute Gasteiger partial charge is 0.0954 e. The number of hydrogen-bond acceptors (Lipinski definition) is 2. The molecule has 0 spiro atoms. The lowest BCUT2D eigenvalue weighted by molar-refractivity contribution is 0.478. The first kappa shape index (κ1) is 13.2. The van der Waals surface area contributed by atoms with Crippen LogP contribution in [0, 0.1) is 13.8 Å². The summed E-state index contributed by atoms with van der Waals surface area (Å²) in [6.45, 7) is 10.8. The zero-order valence-electron chi connectivity index (χ0n) is 11.1. The molecule has 3 nitrogen and oxygen atoms in total. The number of nitrogens with one attached hydrogen (secondary N) is 1. The van der Waals surface area contributed by atoms with E-state index >= 15 is 0 Å². The van der Waals surface area contributed by atoms with Gasteiger partial charge in [-0.2, -0.15) is 0 Å². The highest BCUT2D eigenvalue weighted by Crippen LogP contribution is 2.11. The SMILES string of the molecule is CCCCCNCC(C)n1cnc(C)c1C. The van der Waals surface area contributed by atoms with Crippen molar-refractivity contribution in [1.29, 1.82) is 0 Å². The highest BCUT2D eigenvalue weighted by atomic mass is 15.1. The number of imidazole rings is 1. The fourth-order valence-corrected chi connectivity index (χ4v) is 1.87. The molecule has 1 N–H and O–H groups in total. The molecule has 0 aromatic carbocycles. The molecule has 0 aliphatic carbocycles. The Bertz CT molecular complexity index is 304. The Morgan fingerprint density at radius 1 is 1.38 bits per heavy atom. The molecule has 0 amide bonds. The van der Waals surface area contributed by atoms with Gasteiger partial charge in [-0.25, -0.2) is 4.98 Å². The van der Waals surface area contributed by atoms with E-state index in [0.717, 1.165) is 18.8 Å². The van der Waals surface area contributed by atoms with E-state index in [-0.39, 0.29) is 0 Å². The van der Waals surface area contributed by atoms with Crippen LogP contribution < -0.4 is 5.32 Å². The predicted octanol–water partition coefficient (Wildman–Crippen LogP) is 2.84. The number of aromatic nitrogens is 2. The third-order valence-electron chi connectivity index (χ3n) is 3.16. The normalized spacial score (nSPS) is 13.0. The molecule has 0 saturated carbocycles. The molecule has 1 heterocycles. The molecule has 1 unspecified atom stereocenters. The molecule has 1 aromatic rings. The highest BCUT2D eigenvalue weighted by Gasteiger charge is 2.08. The second kappa shape index (κ2) is 6.69. The lowest BCUT2D eigenvalue weighted by Gasteiger charge is -2.16. The third kappa shape index (κ3) is 3.63. The van der Waals surface area contributed by atoms with E-state index in [1.165, 1.54) is 25.0 Å². The molecule has 1 atom stereocenters. The summed E-state index contributed by atoms with van der Waals surface area (Å²) in [7, 11) is 0. The van der Waals surface area contributed by atoms with Gasteiger partial charge >= 0.3 is 0 Å². The van der Waals surface area contributed by atoms with Crippen molar-refractivity contribution in [3.63, 3.8) is 0 Å². The Labute approximate surface area is 99.3 Å². The molecule has 0 saturated heterocycles. The van der Waals surface area contributed by atoms with E-state index in [0.29, 0.717) is 6.04 Å². The maximum atomic E-state index is 4.33. The fourth-order valence-electron chi connectivity index (χ4n) is 1.87. The monoisotopic (exact) mass is 223 g/mol. The van der Waals surface area contributed by atoms with Crippen molar-refractivity contribution in [2.24, 2.45) is 0 Å². The van der Waals surface area contributed by atoms with Gasteiger partial charge in [0.25, 0.3) is 0 Å². The van der Waals surface area contributed by atoms with Gasteiger partial charge in [0.1, 0.15) is 0 Å².